The molecule has 0 atom stereocenters. The van der Waals surface area contributed by atoms with Crippen molar-refractivity contribution in [2.45, 2.75) is 20.3 Å². The molecule has 0 aromatic carbocycles. The third-order valence-corrected chi connectivity index (χ3v) is 0.786. The van der Waals surface area contributed by atoms with Gasteiger partial charge < -0.3 is 9.16 Å². The Hall–Kier alpha value is -0.613. The largest absolute Gasteiger partial charge is 0.462 e. The number of rotatable bonds is 3. The highest BCUT2D eigenvalue weighted by Crippen LogP contribution is 1.91. The molecule has 0 fully saturated rings. The van der Waals surface area contributed by atoms with Gasteiger partial charge in [0, 0.05) is 12.7 Å². The van der Waals surface area contributed by atoms with E-state index in [1.807, 2.05) is 6.92 Å². The van der Waals surface area contributed by atoms with Gasteiger partial charge in [-0.3, -0.25) is 0 Å². The number of carbonyl (C=O) groups excluding carboxylic acids is 1. The second kappa shape index (κ2) is 10.4. The lowest BCUT2D eigenvalue weighted by Crippen LogP contribution is -2.04. The fraction of sp³-hybridized carbons (Fsp3) is 0.625. The van der Waals surface area contributed by atoms with Gasteiger partial charge in [-0.05, 0) is 13.3 Å². The van der Waals surface area contributed by atoms with Crippen LogP contribution in [-0.2, 0) is 14.0 Å². The van der Waals surface area contributed by atoms with Crippen molar-refractivity contribution in [2.75, 3.05) is 13.7 Å². The highest BCUT2D eigenvalue weighted by Gasteiger charge is 1.99. The minimum atomic E-state index is -0.295. The Morgan fingerprint density at radius 2 is 2.00 bits per heavy atom. The van der Waals surface area contributed by atoms with Gasteiger partial charge in [0.2, 0.25) is 0 Å². The summed E-state index contributed by atoms with van der Waals surface area (Å²) in [5.41, 5.74) is 0.462. The zero-order valence-corrected chi connectivity index (χ0v) is 10.3. The average molecular weight is 190 g/mol. The van der Waals surface area contributed by atoms with Crippen LogP contribution in [0.3, 0.4) is 0 Å². The molecule has 0 amide bonds. The van der Waals surface area contributed by atoms with E-state index in [0.717, 1.165) is 16.9 Å². The average Bonchev–Trinajstić information content (AvgIpc) is 2.01. The zero-order valence-electron chi connectivity index (χ0n) is 8.35. The van der Waals surface area contributed by atoms with Gasteiger partial charge in [0.25, 0.3) is 0 Å². The van der Waals surface area contributed by atoms with Gasteiger partial charge in [-0.15, -0.1) is 0 Å². The van der Waals surface area contributed by atoms with Crippen LogP contribution in [0.5, 0.6) is 0 Å². The summed E-state index contributed by atoms with van der Waals surface area (Å²) in [5, 5.41) is 0. The fourth-order valence-corrected chi connectivity index (χ4v) is 0.318. The van der Waals surface area contributed by atoms with Crippen LogP contribution < -0.4 is 0 Å². The van der Waals surface area contributed by atoms with Crippen LogP contribution in [0.2, 0.25) is 0 Å². The van der Waals surface area contributed by atoms with Gasteiger partial charge in [0.1, 0.15) is 10.5 Å². The molecule has 0 aliphatic heterocycles. The first-order chi connectivity index (χ1) is 5.59. The van der Waals surface area contributed by atoms with Crippen LogP contribution in [0.25, 0.3) is 0 Å². The maximum absolute atomic E-state index is 10.6. The number of esters is 1. The van der Waals surface area contributed by atoms with Crippen LogP contribution in [0.4, 0.5) is 0 Å². The van der Waals surface area contributed by atoms with Crippen molar-refractivity contribution in [1.29, 1.82) is 0 Å². The van der Waals surface area contributed by atoms with Crippen LogP contribution in [-0.4, -0.2) is 30.2 Å². The molecule has 0 N–H and O–H groups in total. The smallest absolute Gasteiger partial charge is 0.333 e. The van der Waals surface area contributed by atoms with Crippen molar-refractivity contribution in [3.05, 3.63) is 12.2 Å². The summed E-state index contributed by atoms with van der Waals surface area (Å²) in [6, 6.07) is 0. The highest BCUT2D eigenvalue weighted by atomic mass is 28.2. The molecule has 0 unspecified atom stereocenters. The third-order valence-electron chi connectivity index (χ3n) is 0.786. The van der Waals surface area contributed by atoms with E-state index in [1.165, 1.54) is 0 Å². The quantitative estimate of drug-likeness (QED) is 0.368. The van der Waals surface area contributed by atoms with Crippen molar-refractivity contribution >= 4 is 16.5 Å². The van der Waals surface area contributed by atoms with Gasteiger partial charge in [-0.1, -0.05) is 13.5 Å². The molecule has 0 heterocycles. The fourth-order valence-electron chi connectivity index (χ4n) is 0.318. The second-order valence-electron chi connectivity index (χ2n) is 2.32. The summed E-state index contributed by atoms with van der Waals surface area (Å²) in [5.74, 6) is -0.295. The summed E-state index contributed by atoms with van der Waals surface area (Å²) >= 11 is 0. The predicted octanol–water partition coefficient (Wildman–Crippen LogP) is 0.429. The van der Waals surface area contributed by atoms with E-state index in [4.69, 9.17) is 4.74 Å². The van der Waals surface area contributed by atoms with Crippen LogP contribution in [0, 0.1) is 0 Å². The van der Waals surface area contributed by atoms with Gasteiger partial charge in [0.05, 0.1) is 6.61 Å². The Balaban J connectivity index is 0. The molecule has 0 aliphatic carbocycles. The topological polar surface area (TPSA) is 35.5 Å². The lowest BCUT2D eigenvalue weighted by Gasteiger charge is -1.99. The molecule has 0 rings (SSSR count). The van der Waals surface area contributed by atoms with Gasteiger partial charge in [-0.2, -0.15) is 0 Å². The molecule has 72 valence electrons. The van der Waals surface area contributed by atoms with E-state index in [2.05, 4.69) is 11.0 Å². The number of hydrogen-bond donors (Lipinski definition) is 0. The molecular formula is C8H18O3Si. The second-order valence-corrected chi connectivity index (χ2v) is 3.14. The normalized spacial score (nSPS) is 8.25. The molecule has 0 aromatic rings. The Labute approximate surface area is 77.3 Å². The van der Waals surface area contributed by atoms with E-state index >= 15 is 0 Å². The molecule has 0 saturated carbocycles. The minimum absolute atomic E-state index is 0.295. The molecule has 4 heteroatoms. The molecular weight excluding hydrogens is 172 g/mol. The molecule has 0 aliphatic rings. The molecule has 0 aromatic heterocycles. The van der Waals surface area contributed by atoms with Crippen LogP contribution in [0.15, 0.2) is 12.2 Å². The monoisotopic (exact) mass is 190 g/mol. The lowest BCUT2D eigenvalue weighted by molar-refractivity contribution is -0.138. The summed E-state index contributed by atoms with van der Waals surface area (Å²) in [4.78, 5) is 10.6. The molecule has 12 heavy (non-hydrogen) atoms. The first-order valence-electron chi connectivity index (χ1n) is 3.82. The van der Waals surface area contributed by atoms with E-state index in [9.17, 15) is 4.79 Å². The Kier molecular flexibility index (Phi) is 12.1. The van der Waals surface area contributed by atoms with Gasteiger partial charge in [0.15, 0.2) is 0 Å². The number of ether oxygens (including phenoxy) is 1. The van der Waals surface area contributed by atoms with Crippen molar-refractivity contribution in [1.82, 2.24) is 0 Å². The first kappa shape index (κ1) is 13.9. The summed E-state index contributed by atoms with van der Waals surface area (Å²) in [6.45, 7) is 7.51. The first-order valence-corrected chi connectivity index (χ1v) is 4.64. The predicted molar refractivity (Wildman–Crippen MR) is 53.0 cm³/mol. The highest BCUT2D eigenvalue weighted by molar-refractivity contribution is 5.97. The van der Waals surface area contributed by atoms with E-state index in [1.54, 1.807) is 14.0 Å². The molecule has 0 spiro atoms. The third kappa shape index (κ3) is 12.1. The molecule has 0 saturated heterocycles. The van der Waals surface area contributed by atoms with Crippen LogP contribution in [0.1, 0.15) is 20.3 Å². The standard InChI is InChI=1S/C7H12O2.CH6OSi/c1-4-5-9-7(8)6(2)3;1-2-3/h2,4-5H2,1,3H3;1,3H3. The van der Waals surface area contributed by atoms with Crippen molar-refractivity contribution in [2.24, 2.45) is 0 Å². The molecule has 0 radical (unpaired) electrons. The SMILES string of the molecule is C=C(C)C(=O)OCCC.CO[SiH3]. The van der Waals surface area contributed by atoms with Gasteiger partial charge in [-0.25, -0.2) is 4.79 Å². The van der Waals surface area contributed by atoms with Crippen molar-refractivity contribution in [3.63, 3.8) is 0 Å². The lowest BCUT2D eigenvalue weighted by atomic mass is 10.4. The minimum Gasteiger partial charge on any atom is -0.462 e. The number of hydrogen-bond acceptors (Lipinski definition) is 3. The maximum Gasteiger partial charge on any atom is 0.333 e. The maximum atomic E-state index is 10.6. The Morgan fingerprint density at radius 3 is 2.25 bits per heavy atom. The van der Waals surface area contributed by atoms with Crippen molar-refractivity contribution in [3.8, 4) is 0 Å². The van der Waals surface area contributed by atoms with Crippen molar-refractivity contribution < 1.29 is 14.0 Å². The molecule has 3 nitrogen and oxygen atoms in total. The number of carbonyl (C=O) groups is 1. The van der Waals surface area contributed by atoms with E-state index in [-0.39, 0.29) is 5.97 Å². The summed E-state index contributed by atoms with van der Waals surface area (Å²) < 4.78 is 9.10. The van der Waals surface area contributed by atoms with Gasteiger partial charge >= 0.3 is 5.97 Å². The Bertz CT molecular complexity index is 134. The van der Waals surface area contributed by atoms with E-state index in [0.29, 0.717) is 12.2 Å². The Morgan fingerprint density at radius 1 is 1.58 bits per heavy atom. The zero-order chi connectivity index (χ0) is 9.98. The van der Waals surface area contributed by atoms with Crippen LogP contribution >= 0.6 is 0 Å². The molecule has 0 bridgehead atoms. The summed E-state index contributed by atoms with van der Waals surface area (Å²) in [6.07, 6.45) is 0.860. The summed E-state index contributed by atoms with van der Waals surface area (Å²) in [7, 11) is 2.56. The van der Waals surface area contributed by atoms with E-state index < -0.39 is 0 Å².